The number of nitrogens with one attached hydrogen (secondary N) is 1. The molecule has 4 rings (SSSR count). The lowest BCUT2D eigenvalue weighted by Crippen LogP contribution is -2.47. The van der Waals surface area contributed by atoms with Crippen LogP contribution in [0, 0.1) is 0 Å². The number of hydrogen-bond donors (Lipinski definition) is 1. The van der Waals surface area contributed by atoms with Gasteiger partial charge in [-0.05, 0) is 18.2 Å². The van der Waals surface area contributed by atoms with Crippen LogP contribution >= 0.6 is 0 Å². The maximum absolute atomic E-state index is 6.10. The van der Waals surface area contributed by atoms with Gasteiger partial charge in [0.05, 0.1) is 13.2 Å². The van der Waals surface area contributed by atoms with E-state index in [1.54, 1.807) is 0 Å². The molecule has 0 spiro atoms. The molecular formula is C23H29N3O3. The minimum Gasteiger partial charge on any atom is -0.490 e. The molecule has 0 saturated carbocycles. The third kappa shape index (κ3) is 4.94. The second-order valence-corrected chi connectivity index (χ2v) is 7.31. The molecule has 2 aromatic rings. The molecule has 1 N–H and O–H groups in total. The average Bonchev–Trinajstić information content (AvgIpc) is 3.02. The fraction of sp³-hybridized carbons (Fsp3) is 0.435. The Hall–Kier alpha value is -2.89. The molecule has 6 nitrogen and oxygen atoms in total. The number of rotatable bonds is 4. The summed E-state index contributed by atoms with van der Waals surface area (Å²) in [6.45, 7) is 3.88. The van der Waals surface area contributed by atoms with Crippen molar-refractivity contribution in [1.29, 1.82) is 0 Å². The highest BCUT2D eigenvalue weighted by Gasteiger charge is 2.23. The first kappa shape index (κ1) is 19.4. The van der Waals surface area contributed by atoms with Crippen molar-refractivity contribution in [3.8, 4) is 17.2 Å². The Balaban J connectivity index is 1.32. The van der Waals surface area contributed by atoms with Gasteiger partial charge in [-0.1, -0.05) is 30.3 Å². The maximum Gasteiger partial charge on any atom is 0.193 e. The Labute approximate surface area is 172 Å². The SMILES string of the molecule is CN=C(NCc1cccc2c1OCCCO2)N1CCC(Oc2ccccc2)CC1. The summed E-state index contributed by atoms with van der Waals surface area (Å²) in [7, 11) is 1.83. The highest BCUT2D eigenvalue weighted by molar-refractivity contribution is 5.80. The van der Waals surface area contributed by atoms with Gasteiger partial charge < -0.3 is 24.4 Å². The van der Waals surface area contributed by atoms with E-state index >= 15 is 0 Å². The molecule has 0 radical (unpaired) electrons. The Morgan fingerprint density at radius 1 is 1.07 bits per heavy atom. The van der Waals surface area contributed by atoms with Gasteiger partial charge in [0.25, 0.3) is 0 Å². The van der Waals surface area contributed by atoms with Crippen LogP contribution in [0.1, 0.15) is 24.8 Å². The topological polar surface area (TPSA) is 55.3 Å². The van der Waals surface area contributed by atoms with E-state index in [0.29, 0.717) is 19.8 Å². The quantitative estimate of drug-likeness (QED) is 0.635. The van der Waals surface area contributed by atoms with Gasteiger partial charge in [-0.2, -0.15) is 0 Å². The highest BCUT2D eigenvalue weighted by Crippen LogP contribution is 2.33. The molecule has 0 aromatic heterocycles. The van der Waals surface area contributed by atoms with Gasteiger partial charge in [0.1, 0.15) is 11.9 Å². The molecule has 1 fully saturated rings. The molecule has 2 heterocycles. The first-order valence-corrected chi connectivity index (χ1v) is 10.4. The molecule has 0 aliphatic carbocycles. The van der Waals surface area contributed by atoms with Crippen molar-refractivity contribution >= 4 is 5.96 Å². The smallest absolute Gasteiger partial charge is 0.193 e. The van der Waals surface area contributed by atoms with Crippen LogP contribution in [0.5, 0.6) is 17.2 Å². The van der Waals surface area contributed by atoms with Gasteiger partial charge in [-0.25, -0.2) is 0 Å². The third-order valence-corrected chi connectivity index (χ3v) is 5.29. The Bertz CT molecular complexity index is 817. The van der Waals surface area contributed by atoms with Crippen LogP contribution in [0.4, 0.5) is 0 Å². The van der Waals surface area contributed by atoms with Gasteiger partial charge in [0.15, 0.2) is 17.5 Å². The maximum atomic E-state index is 6.10. The van der Waals surface area contributed by atoms with Crippen molar-refractivity contribution in [3.63, 3.8) is 0 Å². The van der Waals surface area contributed by atoms with E-state index in [4.69, 9.17) is 14.2 Å². The molecule has 0 unspecified atom stereocenters. The number of para-hydroxylation sites is 2. The molecule has 2 aliphatic rings. The number of ether oxygens (including phenoxy) is 3. The number of fused-ring (bicyclic) bond motifs is 1. The zero-order chi connectivity index (χ0) is 19.9. The number of nitrogens with zero attached hydrogens (tertiary/aromatic N) is 2. The third-order valence-electron chi connectivity index (χ3n) is 5.29. The fourth-order valence-corrected chi connectivity index (χ4v) is 3.78. The Kier molecular flexibility index (Phi) is 6.39. The monoisotopic (exact) mass is 395 g/mol. The van der Waals surface area contributed by atoms with Crippen molar-refractivity contribution in [2.75, 3.05) is 33.4 Å². The van der Waals surface area contributed by atoms with Gasteiger partial charge >= 0.3 is 0 Å². The van der Waals surface area contributed by atoms with E-state index in [-0.39, 0.29) is 6.10 Å². The normalized spacial score (nSPS) is 17.6. The first-order valence-electron chi connectivity index (χ1n) is 10.4. The number of guanidine groups is 1. The lowest BCUT2D eigenvalue weighted by Gasteiger charge is -2.34. The van der Waals surface area contributed by atoms with E-state index in [1.807, 2.05) is 49.5 Å². The summed E-state index contributed by atoms with van der Waals surface area (Å²) in [5.74, 6) is 3.54. The van der Waals surface area contributed by atoms with Crippen LogP contribution in [0.25, 0.3) is 0 Å². The van der Waals surface area contributed by atoms with Gasteiger partial charge in [0.2, 0.25) is 0 Å². The molecule has 29 heavy (non-hydrogen) atoms. The summed E-state index contributed by atoms with van der Waals surface area (Å²) < 4.78 is 17.8. The second kappa shape index (κ2) is 9.54. The summed E-state index contributed by atoms with van der Waals surface area (Å²) in [5.41, 5.74) is 1.09. The molecule has 0 amide bonds. The van der Waals surface area contributed by atoms with Crippen LogP contribution in [0.2, 0.25) is 0 Å². The van der Waals surface area contributed by atoms with Crippen LogP contribution in [-0.2, 0) is 6.54 Å². The summed E-state index contributed by atoms with van der Waals surface area (Å²) in [4.78, 5) is 6.78. The van der Waals surface area contributed by atoms with E-state index in [1.165, 1.54) is 0 Å². The molecule has 0 atom stereocenters. The lowest BCUT2D eigenvalue weighted by molar-refractivity contribution is 0.129. The number of aliphatic imine (C=N–C) groups is 1. The minimum atomic E-state index is 0.252. The molecule has 1 saturated heterocycles. The van der Waals surface area contributed by atoms with Crippen LogP contribution in [0.3, 0.4) is 0 Å². The summed E-state index contributed by atoms with van der Waals surface area (Å²) >= 11 is 0. The largest absolute Gasteiger partial charge is 0.490 e. The van der Waals surface area contributed by atoms with Crippen LogP contribution in [0.15, 0.2) is 53.5 Å². The molecule has 2 aromatic carbocycles. The highest BCUT2D eigenvalue weighted by atomic mass is 16.5. The minimum absolute atomic E-state index is 0.252. The molecule has 0 bridgehead atoms. The van der Waals surface area contributed by atoms with Crippen molar-refractivity contribution < 1.29 is 14.2 Å². The average molecular weight is 396 g/mol. The van der Waals surface area contributed by atoms with Gasteiger partial charge in [-0.15, -0.1) is 0 Å². The summed E-state index contributed by atoms with van der Waals surface area (Å²) in [6, 6.07) is 16.1. The molecular weight excluding hydrogens is 366 g/mol. The van der Waals surface area contributed by atoms with Crippen LogP contribution in [-0.4, -0.2) is 50.3 Å². The predicted molar refractivity (Wildman–Crippen MR) is 114 cm³/mol. The van der Waals surface area contributed by atoms with Crippen LogP contribution < -0.4 is 19.5 Å². The Morgan fingerprint density at radius 2 is 1.86 bits per heavy atom. The summed E-state index contributed by atoms with van der Waals surface area (Å²) in [5, 5.41) is 3.49. The standard InChI is InChI=1S/C23H29N3O3/c1-24-23(25-17-18-7-5-10-21-22(18)28-16-6-15-27-21)26-13-11-20(12-14-26)29-19-8-3-2-4-9-19/h2-5,7-10,20H,6,11-17H2,1H3,(H,24,25). The van der Waals surface area contributed by atoms with Gasteiger partial charge in [-0.3, -0.25) is 4.99 Å². The number of hydrogen-bond acceptors (Lipinski definition) is 4. The number of likely N-dealkylation sites (tertiary alicyclic amines) is 1. The fourth-order valence-electron chi connectivity index (χ4n) is 3.78. The van der Waals surface area contributed by atoms with E-state index in [0.717, 1.165) is 61.1 Å². The first-order chi connectivity index (χ1) is 14.3. The van der Waals surface area contributed by atoms with Crippen molar-refractivity contribution in [1.82, 2.24) is 10.2 Å². The zero-order valence-corrected chi connectivity index (χ0v) is 17.0. The van der Waals surface area contributed by atoms with Crippen molar-refractivity contribution in [2.24, 2.45) is 4.99 Å². The van der Waals surface area contributed by atoms with E-state index in [2.05, 4.69) is 21.3 Å². The zero-order valence-electron chi connectivity index (χ0n) is 17.0. The predicted octanol–water partition coefficient (Wildman–Crippen LogP) is 3.47. The van der Waals surface area contributed by atoms with Crippen molar-refractivity contribution in [2.45, 2.75) is 31.9 Å². The second-order valence-electron chi connectivity index (χ2n) is 7.31. The van der Waals surface area contributed by atoms with Gasteiger partial charge in [0, 0.05) is 51.5 Å². The number of piperidine rings is 1. The van der Waals surface area contributed by atoms with Crippen molar-refractivity contribution in [3.05, 3.63) is 54.1 Å². The molecule has 154 valence electrons. The molecule has 6 heteroatoms. The summed E-state index contributed by atoms with van der Waals surface area (Å²) in [6.07, 6.45) is 3.12. The Morgan fingerprint density at radius 3 is 2.66 bits per heavy atom. The molecule has 2 aliphatic heterocycles. The lowest BCUT2D eigenvalue weighted by atomic mass is 10.1. The van der Waals surface area contributed by atoms with E-state index < -0.39 is 0 Å². The number of benzene rings is 2. The van der Waals surface area contributed by atoms with E-state index in [9.17, 15) is 0 Å².